The Balaban J connectivity index is 1.45. The van der Waals surface area contributed by atoms with Crippen molar-refractivity contribution in [3.8, 4) is 0 Å². The lowest BCUT2D eigenvalue weighted by Crippen LogP contribution is -2.23. The molecule has 1 amide bonds. The number of carbonyl (C=O) groups excluding carboxylic acids is 1. The summed E-state index contributed by atoms with van der Waals surface area (Å²) in [5, 5.41) is 10.1. The predicted octanol–water partition coefficient (Wildman–Crippen LogP) is 4.83. The van der Waals surface area contributed by atoms with Crippen LogP contribution in [0.1, 0.15) is 11.1 Å². The van der Waals surface area contributed by atoms with E-state index in [1.54, 1.807) is 42.5 Å². The Hall–Kier alpha value is -4.52. The normalized spacial score (nSPS) is 10.8. The van der Waals surface area contributed by atoms with Crippen LogP contribution < -0.4 is 16.2 Å². The van der Waals surface area contributed by atoms with Crippen LogP contribution in [-0.4, -0.2) is 15.7 Å². The quantitative estimate of drug-likeness (QED) is 0.404. The standard InChI is InChI=1S/C26H21FN4O2/c27-21-9-5-11-23(17-21)28-24-13-15-26(33)31(30-24)18-20-8-4-10-22(16-20)29-25(32)14-12-19-6-2-1-3-7-19/h1-17H,18H2,(H,28,30)(H,29,32)/b14-12+. The highest BCUT2D eigenvalue weighted by molar-refractivity contribution is 6.01. The van der Waals surface area contributed by atoms with Crippen molar-refractivity contribution in [2.75, 3.05) is 10.6 Å². The second-order valence-electron chi connectivity index (χ2n) is 7.28. The van der Waals surface area contributed by atoms with Gasteiger partial charge in [-0.25, -0.2) is 9.07 Å². The maximum absolute atomic E-state index is 13.4. The van der Waals surface area contributed by atoms with E-state index in [4.69, 9.17) is 0 Å². The summed E-state index contributed by atoms with van der Waals surface area (Å²) in [5.41, 5.74) is 2.58. The summed E-state index contributed by atoms with van der Waals surface area (Å²) < 4.78 is 14.7. The molecule has 0 radical (unpaired) electrons. The zero-order valence-corrected chi connectivity index (χ0v) is 17.6. The third-order valence-electron chi connectivity index (χ3n) is 4.72. The molecular formula is C26H21FN4O2. The van der Waals surface area contributed by atoms with Gasteiger partial charge in [0, 0.05) is 23.5 Å². The average molecular weight is 440 g/mol. The Kier molecular flexibility index (Phi) is 6.70. The monoisotopic (exact) mass is 440 g/mol. The van der Waals surface area contributed by atoms with Crippen molar-refractivity contribution in [3.05, 3.63) is 124 Å². The Morgan fingerprint density at radius 3 is 2.52 bits per heavy atom. The van der Waals surface area contributed by atoms with Gasteiger partial charge in [-0.15, -0.1) is 0 Å². The van der Waals surface area contributed by atoms with Gasteiger partial charge < -0.3 is 10.6 Å². The fourth-order valence-electron chi connectivity index (χ4n) is 3.18. The molecule has 2 N–H and O–H groups in total. The highest BCUT2D eigenvalue weighted by Gasteiger charge is 2.05. The number of benzene rings is 3. The molecule has 0 aliphatic heterocycles. The number of hydrogen-bond donors (Lipinski definition) is 2. The summed E-state index contributed by atoms with van der Waals surface area (Å²) in [7, 11) is 0. The first-order valence-corrected chi connectivity index (χ1v) is 10.3. The summed E-state index contributed by atoms with van der Waals surface area (Å²) in [6.45, 7) is 0.209. The molecule has 4 rings (SSSR count). The Bertz CT molecular complexity index is 1350. The predicted molar refractivity (Wildman–Crippen MR) is 128 cm³/mol. The molecule has 0 bridgehead atoms. The summed E-state index contributed by atoms with van der Waals surface area (Å²) in [5.74, 6) is -0.214. The molecule has 0 spiro atoms. The van der Waals surface area contributed by atoms with Gasteiger partial charge >= 0.3 is 0 Å². The van der Waals surface area contributed by atoms with Crippen molar-refractivity contribution in [1.82, 2.24) is 9.78 Å². The molecule has 0 aliphatic carbocycles. The van der Waals surface area contributed by atoms with Gasteiger partial charge in [0.05, 0.1) is 6.54 Å². The van der Waals surface area contributed by atoms with E-state index in [9.17, 15) is 14.0 Å². The number of anilines is 3. The van der Waals surface area contributed by atoms with E-state index in [1.807, 2.05) is 36.4 Å². The molecule has 0 aliphatic rings. The van der Waals surface area contributed by atoms with Crippen molar-refractivity contribution in [2.45, 2.75) is 6.54 Å². The first-order valence-electron chi connectivity index (χ1n) is 10.3. The molecule has 0 fully saturated rings. The fourth-order valence-corrected chi connectivity index (χ4v) is 3.18. The maximum atomic E-state index is 13.4. The minimum atomic E-state index is -0.370. The molecule has 0 saturated heterocycles. The molecule has 6 nitrogen and oxygen atoms in total. The van der Waals surface area contributed by atoms with Gasteiger partial charge in [-0.2, -0.15) is 5.10 Å². The molecular weight excluding hydrogens is 419 g/mol. The van der Waals surface area contributed by atoms with E-state index in [-0.39, 0.29) is 23.8 Å². The van der Waals surface area contributed by atoms with Gasteiger partial charge in [-0.1, -0.05) is 48.5 Å². The highest BCUT2D eigenvalue weighted by atomic mass is 19.1. The van der Waals surface area contributed by atoms with Crippen LogP contribution in [0.15, 0.2) is 102 Å². The van der Waals surface area contributed by atoms with Crippen molar-refractivity contribution in [2.24, 2.45) is 0 Å². The number of hydrogen-bond acceptors (Lipinski definition) is 4. The van der Waals surface area contributed by atoms with Gasteiger partial charge in [0.2, 0.25) is 5.91 Å². The topological polar surface area (TPSA) is 76.0 Å². The van der Waals surface area contributed by atoms with Crippen molar-refractivity contribution < 1.29 is 9.18 Å². The molecule has 7 heteroatoms. The number of aromatic nitrogens is 2. The minimum Gasteiger partial charge on any atom is -0.339 e. The first-order chi connectivity index (χ1) is 16.0. The lowest BCUT2D eigenvalue weighted by atomic mass is 10.2. The lowest BCUT2D eigenvalue weighted by Gasteiger charge is -2.10. The van der Waals surface area contributed by atoms with Crippen LogP contribution in [0.3, 0.4) is 0 Å². The third-order valence-corrected chi connectivity index (χ3v) is 4.72. The van der Waals surface area contributed by atoms with E-state index in [0.29, 0.717) is 17.2 Å². The Labute approximate surface area is 190 Å². The van der Waals surface area contributed by atoms with Crippen molar-refractivity contribution >= 4 is 29.2 Å². The first kappa shape index (κ1) is 21.7. The van der Waals surface area contributed by atoms with Crippen LogP contribution in [0.5, 0.6) is 0 Å². The molecule has 3 aromatic carbocycles. The van der Waals surface area contributed by atoms with Crippen molar-refractivity contribution in [3.63, 3.8) is 0 Å². The van der Waals surface area contributed by atoms with Gasteiger partial charge in [0.1, 0.15) is 5.82 Å². The van der Waals surface area contributed by atoms with Gasteiger partial charge in [-0.3, -0.25) is 9.59 Å². The van der Waals surface area contributed by atoms with Crippen LogP contribution in [0.2, 0.25) is 0 Å². The molecule has 0 unspecified atom stereocenters. The van der Waals surface area contributed by atoms with Crippen LogP contribution in [0.4, 0.5) is 21.6 Å². The second kappa shape index (κ2) is 10.2. The largest absolute Gasteiger partial charge is 0.339 e. The van der Waals surface area contributed by atoms with E-state index < -0.39 is 0 Å². The van der Waals surface area contributed by atoms with E-state index >= 15 is 0 Å². The molecule has 0 atom stereocenters. The van der Waals surface area contributed by atoms with Gasteiger partial charge in [0.25, 0.3) is 5.56 Å². The number of amides is 1. The lowest BCUT2D eigenvalue weighted by molar-refractivity contribution is -0.111. The van der Waals surface area contributed by atoms with E-state index in [1.165, 1.54) is 29.0 Å². The summed E-state index contributed by atoms with van der Waals surface area (Å²) in [6.07, 6.45) is 3.20. The molecule has 4 aromatic rings. The molecule has 0 saturated carbocycles. The number of rotatable bonds is 7. The SMILES string of the molecule is O=C(/C=C/c1ccccc1)Nc1cccc(Cn2nc(Nc3cccc(F)c3)ccc2=O)c1. The zero-order valence-electron chi connectivity index (χ0n) is 17.6. The molecule has 1 aromatic heterocycles. The second-order valence-corrected chi connectivity index (χ2v) is 7.28. The number of carbonyl (C=O) groups is 1. The van der Waals surface area contributed by atoms with Crippen LogP contribution in [0, 0.1) is 5.82 Å². The number of halogens is 1. The van der Waals surface area contributed by atoms with Crippen LogP contribution >= 0.6 is 0 Å². The summed E-state index contributed by atoms with van der Waals surface area (Å²) in [6, 6.07) is 25.7. The third kappa shape index (κ3) is 6.24. The number of nitrogens with zero attached hydrogens (tertiary/aromatic N) is 2. The maximum Gasteiger partial charge on any atom is 0.267 e. The van der Waals surface area contributed by atoms with E-state index in [0.717, 1.165) is 11.1 Å². The van der Waals surface area contributed by atoms with Gasteiger partial charge in [0.15, 0.2) is 5.82 Å². The summed E-state index contributed by atoms with van der Waals surface area (Å²) >= 11 is 0. The Morgan fingerprint density at radius 2 is 1.70 bits per heavy atom. The van der Waals surface area contributed by atoms with Crippen LogP contribution in [-0.2, 0) is 11.3 Å². The average Bonchev–Trinajstić information content (AvgIpc) is 2.81. The van der Waals surface area contributed by atoms with Gasteiger partial charge in [-0.05, 0) is 53.6 Å². The molecule has 33 heavy (non-hydrogen) atoms. The summed E-state index contributed by atoms with van der Waals surface area (Å²) in [4.78, 5) is 24.6. The Morgan fingerprint density at radius 1 is 0.909 bits per heavy atom. The fraction of sp³-hybridized carbons (Fsp3) is 0.0385. The molecule has 164 valence electrons. The number of nitrogens with one attached hydrogen (secondary N) is 2. The highest BCUT2D eigenvalue weighted by Crippen LogP contribution is 2.15. The van der Waals surface area contributed by atoms with Crippen LogP contribution in [0.25, 0.3) is 6.08 Å². The smallest absolute Gasteiger partial charge is 0.267 e. The zero-order chi connectivity index (χ0) is 23.0. The van der Waals surface area contributed by atoms with E-state index in [2.05, 4.69) is 15.7 Å². The molecule has 1 heterocycles. The van der Waals surface area contributed by atoms with Crippen molar-refractivity contribution in [1.29, 1.82) is 0 Å². The minimum absolute atomic E-state index is 0.209.